The molecule has 0 amide bonds. The van der Waals surface area contributed by atoms with Gasteiger partial charge in [0, 0.05) is 16.3 Å². The molecule has 0 bridgehead atoms. The predicted molar refractivity (Wildman–Crippen MR) is 124 cm³/mol. The SMILES string of the molecule is CCCc1ccc(C(=O)CSc2nnc(C(C)N(C)C)n2-c2ccc(Cl)cc2)cc1. The number of nitrogens with zero attached hydrogens (tertiary/aromatic N) is 4. The molecule has 0 radical (unpaired) electrons. The van der Waals surface area contributed by atoms with Crippen LogP contribution >= 0.6 is 23.4 Å². The van der Waals surface area contributed by atoms with Crippen molar-refractivity contribution >= 4 is 29.1 Å². The summed E-state index contributed by atoms with van der Waals surface area (Å²) in [6.45, 7) is 4.23. The van der Waals surface area contributed by atoms with Gasteiger partial charge in [-0.2, -0.15) is 0 Å². The van der Waals surface area contributed by atoms with Crippen LogP contribution in [-0.4, -0.2) is 45.3 Å². The van der Waals surface area contributed by atoms with E-state index in [4.69, 9.17) is 11.6 Å². The molecule has 30 heavy (non-hydrogen) atoms. The van der Waals surface area contributed by atoms with E-state index >= 15 is 0 Å². The molecule has 158 valence electrons. The van der Waals surface area contributed by atoms with Crippen molar-refractivity contribution in [2.45, 2.75) is 37.9 Å². The molecule has 0 spiro atoms. The van der Waals surface area contributed by atoms with Gasteiger partial charge in [0.05, 0.1) is 11.8 Å². The second-order valence-electron chi connectivity index (χ2n) is 7.45. The van der Waals surface area contributed by atoms with Crippen molar-refractivity contribution in [3.05, 3.63) is 70.5 Å². The summed E-state index contributed by atoms with van der Waals surface area (Å²) in [5, 5.41) is 10.2. The summed E-state index contributed by atoms with van der Waals surface area (Å²) in [6.07, 6.45) is 2.12. The highest BCUT2D eigenvalue weighted by Crippen LogP contribution is 2.28. The minimum atomic E-state index is 0.0596. The molecule has 1 heterocycles. The Bertz CT molecular complexity index is 983. The summed E-state index contributed by atoms with van der Waals surface area (Å²) >= 11 is 7.47. The number of rotatable bonds is 9. The minimum absolute atomic E-state index is 0.0596. The van der Waals surface area contributed by atoms with Gasteiger partial charge in [-0.25, -0.2) is 0 Å². The lowest BCUT2D eigenvalue weighted by Gasteiger charge is -2.20. The van der Waals surface area contributed by atoms with E-state index in [0.29, 0.717) is 15.9 Å². The Morgan fingerprint density at radius 1 is 1.10 bits per heavy atom. The van der Waals surface area contributed by atoms with Gasteiger partial charge >= 0.3 is 0 Å². The van der Waals surface area contributed by atoms with Crippen LogP contribution < -0.4 is 0 Å². The van der Waals surface area contributed by atoms with E-state index in [1.165, 1.54) is 17.3 Å². The third kappa shape index (κ3) is 5.31. The number of carbonyl (C=O) groups excluding carboxylic acids is 1. The number of benzene rings is 2. The number of Topliss-reactive ketones (excluding diaryl/α,β-unsaturated/α-hetero) is 1. The van der Waals surface area contributed by atoms with E-state index in [1.807, 2.05) is 67.2 Å². The van der Waals surface area contributed by atoms with Crippen LogP contribution in [0.4, 0.5) is 0 Å². The van der Waals surface area contributed by atoms with Gasteiger partial charge < -0.3 is 0 Å². The van der Waals surface area contributed by atoms with Gasteiger partial charge in [-0.1, -0.05) is 61.0 Å². The molecule has 0 saturated carbocycles. The van der Waals surface area contributed by atoms with Gasteiger partial charge in [0.1, 0.15) is 0 Å². The number of aromatic nitrogens is 3. The first kappa shape index (κ1) is 22.5. The molecular formula is C23H27ClN4OS. The fourth-order valence-corrected chi connectivity index (χ4v) is 4.05. The maximum Gasteiger partial charge on any atom is 0.196 e. The third-order valence-electron chi connectivity index (χ3n) is 5.04. The standard InChI is InChI=1S/C23H27ClN4OS/c1-5-6-17-7-9-18(10-8-17)21(29)15-30-23-26-25-22(16(2)27(3)4)28(23)20-13-11-19(24)12-14-20/h7-14,16H,5-6,15H2,1-4H3. The van der Waals surface area contributed by atoms with Crippen LogP contribution in [0.15, 0.2) is 53.7 Å². The topological polar surface area (TPSA) is 51.0 Å². The molecule has 1 aromatic heterocycles. The first-order valence-electron chi connectivity index (χ1n) is 10.0. The van der Waals surface area contributed by atoms with Gasteiger partial charge in [0.25, 0.3) is 0 Å². The van der Waals surface area contributed by atoms with Crippen LogP contribution in [0.3, 0.4) is 0 Å². The number of thioether (sulfide) groups is 1. The van der Waals surface area contributed by atoms with Crippen LogP contribution in [0.25, 0.3) is 5.69 Å². The number of aryl methyl sites for hydroxylation is 1. The van der Waals surface area contributed by atoms with E-state index in [-0.39, 0.29) is 11.8 Å². The van der Waals surface area contributed by atoms with Crippen molar-refractivity contribution in [1.82, 2.24) is 19.7 Å². The molecule has 0 N–H and O–H groups in total. The average Bonchev–Trinajstić information content (AvgIpc) is 3.16. The molecule has 3 aromatic rings. The second-order valence-corrected chi connectivity index (χ2v) is 8.83. The highest BCUT2D eigenvalue weighted by Gasteiger charge is 2.21. The van der Waals surface area contributed by atoms with Gasteiger partial charge in [0.2, 0.25) is 0 Å². The smallest absolute Gasteiger partial charge is 0.196 e. The largest absolute Gasteiger partial charge is 0.300 e. The van der Waals surface area contributed by atoms with Gasteiger partial charge in [-0.05, 0) is 57.3 Å². The van der Waals surface area contributed by atoms with E-state index in [9.17, 15) is 4.79 Å². The van der Waals surface area contributed by atoms with Crippen molar-refractivity contribution in [3.63, 3.8) is 0 Å². The Balaban J connectivity index is 1.83. The number of hydrogen-bond acceptors (Lipinski definition) is 5. The van der Waals surface area contributed by atoms with Crippen LogP contribution in [0.2, 0.25) is 5.02 Å². The molecular weight excluding hydrogens is 416 g/mol. The normalized spacial score (nSPS) is 12.3. The molecule has 0 saturated heterocycles. The third-order valence-corrected chi connectivity index (χ3v) is 6.22. The second kappa shape index (κ2) is 10.2. The Labute approximate surface area is 187 Å². The van der Waals surface area contributed by atoms with Crippen LogP contribution in [-0.2, 0) is 6.42 Å². The van der Waals surface area contributed by atoms with E-state index in [2.05, 4.69) is 28.9 Å². The van der Waals surface area contributed by atoms with Gasteiger partial charge in [0.15, 0.2) is 16.8 Å². The molecule has 1 unspecified atom stereocenters. The molecule has 0 aliphatic rings. The monoisotopic (exact) mass is 442 g/mol. The Hall–Kier alpha value is -2.15. The molecule has 0 aliphatic carbocycles. The summed E-state index contributed by atoms with van der Waals surface area (Å²) in [5.41, 5.74) is 2.90. The highest BCUT2D eigenvalue weighted by molar-refractivity contribution is 7.99. The quantitative estimate of drug-likeness (QED) is 0.325. The molecule has 0 aliphatic heterocycles. The number of ketones is 1. The lowest BCUT2D eigenvalue weighted by molar-refractivity contribution is 0.102. The zero-order valence-corrected chi connectivity index (χ0v) is 19.4. The van der Waals surface area contributed by atoms with Crippen molar-refractivity contribution in [2.24, 2.45) is 0 Å². The fourth-order valence-electron chi connectivity index (χ4n) is 3.07. The molecule has 7 heteroatoms. The van der Waals surface area contributed by atoms with Crippen molar-refractivity contribution in [3.8, 4) is 5.69 Å². The summed E-state index contributed by atoms with van der Waals surface area (Å²) in [4.78, 5) is 14.8. The summed E-state index contributed by atoms with van der Waals surface area (Å²) < 4.78 is 2.00. The maximum absolute atomic E-state index is 12.7. The lowest BCUT2D eigenvalue weighted by Crippen LogP contribution is -2.20. The van der Waals surface area contributed by atoms with Crippen LogP contribution in [0.1, 0.15) is 48.1 Å². The molecule has 0 fully saturated rings. The van der Waals surface area contributed by atoms with Gasteiger partial charge in [-0.15, -0.1) is 10.2 Å². The summed E-state index contributed by atoms with van der Waals surface area (Å²) in [7, 11) is 4.01. The van der Waals surface area contributed by atoms with E-state index < -0.39 is 0 Å². The lowest BCUT2D eigenvalue weighted by atomic mass is 10.1. The first-order chi connectivity index (χ1) is 14.4. The first-order valence-corrected chi connectivity index (χ1v) is 11.4. The Kier molecular flexibility index (Phi) is 7.69. The Morgan fingerprint density at radius 3 is 2.37 bits per heavy atom. The number of hydrogen-bond donors (Lipinski definition) is 0. The minimum Gasteiger partial charge on any atom is -0.300 e. The highest BCUT2D eigenvalue weighted by atomic mass is 35.5. The zero-order valence-electron chi connectivity index (χ0n) is 17.8. The molecule has 2 aromatic carbocycles. The van der Waals surface area contributed by atoms with Crippen LogP contribution in [0.5, 0.6) is 0 Å². The van der Waals surface area contributed by atoms with Crippen LogP contribution in [0, 0.1) is 0 Å². The van der Waals surface area contributed by atoms with E-state index in [1.54, 1.807) is 0 Å². The molecule has 5 nitrogen and oxygen atoms in total. The van der Waals surface area contributed by atoms with E-state index in [0.717, 1.165) is 29.9 Å². The summed E-state index contributed by atoms with van der Waals surface area (Å²) in [6, 6.07) is 15.5. The Morgan fingerprint density at radius 2 is 1.77 bits per heavy atom. The number of halogens is 1. The number of carbonyl (C=O) groups is 1. The van der Waals surface area contributed by atoms with Crippen molar-refractivity contribution < 1.29 is 4.79 Å². The maximum atomic E-state index is 12.7. The van der Waals surface area contributed by atoms with Crippen molar-refractivity contribution in [2.75, 3.05) is 19.8 Å². The van der Waals surface area contributed by atoms with Crippen molar-refractivity contribution in [1.29, 1.82) is 0 Å². The molecule has 1 atom stereocenters. The molecule has 3 rings (SSSR count). The summed E-state index contributed by atoms with van der Waals surface area (Å²) in [5.74, 6) is 1.20. The zero-order chi connectivity index (χ0) is 21.7. The predicted octanol–water partition coefficient (Wildman–Crippen LogP) is 5.47. The average molecular weight is 443 g/mol. The van der Waals surface area contributed by atoms with Gasteiger partial charge in [-0.3, -0.25) is 14.3 Å². The fraction of sp³-hybridized carbons (Fsp3) is 0.348.